The van der Waals surface area contributed by atoms with E-state index in [0.717, 1.165) is 11.6 Å². The maximum atomic E-state index is 12.4. The summed E-state index contributed by atoms with van der Waals surface area (Å²) in [5, 5.41) is 11.3. The average Bonchev–Trinajstić information content (AvgIpc) is 2.68. The number of ether oxygens (including phenoxy) is 2. The number of carbonyl (C=O) groups is 1. The predicted molar refractivity (Wildman–Crippen MR) is 104 cm³/mol. The molecule has 1 aliphatic heterocycles. The third kappa shape index (κ3) is 4.60. The molecule has 0 amide bonds. The standard InChI is InChI=1S/C18H15ClN2O5S/c19-13-4-5-15(16(11-13)21(23)24)18(22)26-14-3-1-2-12(10-14)17(27)20-6-8-25-9-7-20/h1-5,10-11H,6-9H2. The molecule has 1 saturated heterocycles. The molecule has 2 aromatic carbocycles. The van der Waals surface area contributed by atoms with E-state index in [2.05, 4.69) is 0 Å². The van der Waals surface area contributed by atoms with E-state index in [1.807, 2.05) is 11.0 Å². The summed E-state index contributed by atoms with van der Waals surface area (Å²) in [4.78, 5) is 25.5. The maximum Gasteiger partial charge on any atom is 0.350 e. The molecule has 27 heavy (non-hydrogen) atoms. The van der Waals surface area contributed by atoms with Gasteiger partial charge in [-0.05, 0) is 24.3 Å². The summed E-state index contributed by atoms with van der Waals surface area (Å²) in [6.45, 7) is 2.60. The van der Waals surface area contributed by atoms with Crippen molar-refractivity contribution in [2.45, 2.75) is 0 Å². The molecule has 0 saturated carbocycles. The largest absolute Gasteiger partial charge is 0.423 e. The molecule has 2 aromatic rings. The van der Waals surface area contributed by atoms with E-state index in [0.29, 0.717) is 31.3 Å². The third-order valence-electron chi connectivity index (χ3n) is 3.97. The number of nitrogens with zero attached hydrogens (tertiary/aromatic N) is 2. The lowest BCUT2D eigenvalue weighted by Gasteiger charge is -2.29. The van der Waals surface area contributed by atoms with Crippen molar-refractivity contribution in [2.24, 2.45) is 0 Å². The quantitative estimate of drug-likeness (QED) is 0.253. The van der Waals surface area contributed by atoms with Crippen molar-refractivity contribution in [1.82, 2.24) is 4.90 Å². The van der Waals surface area contributed by atoms with Gasteiger partial charge in [-0.15, -0.1) is 0 Å². The average molecular weight is 407 g/mol. The zero-order valence-corrected chi connectivity index (χ0v) is 15.7. The van der Waals surface area contributed by atoms with Crippen molar-refractivity contribution in [3.05, 3.63) is 68.7 Å². The van der Waals surface area contributed by atoms with Crippen molar-refractivity contribution in [2.75, 3.05) is 26.3 Å². The fourth-order valence-corrected chi connectivity index (χ4v) is 3.11. The fourth-order valence-electron chi connectivity index (χ4n) is 2.63. The summed E-state index contributed by atoms with van der Waals surface area (Å²) >= 11 is 11.3. The first kappa shape index (κ1) is 19.2. The first-order chi connectivity index (χ1) is 13.0. The summed E-state index contributed by atoms with van der Waals surface area (Å²) < 4.78 is 10.6. The second-order valence-electron chi connectivity index (χ2n) is 5.74. The Morgan fingerprint density at radius 1 is 1.22 bits per heavy atom. The van der Waals surface area contributed by atoms with Gasteiger partial charge in [0, 0.05) is 29.7 Å². The van der Waals surface area contributed by atoms with Gasteiger partial charge in [-0.2, -0.15) is 0 Å². The normalized spacial score (nSPS) is 13.9. The number of halogens is 1. The summed E-state index contributed by atoms with van der Waals surface area (Å²) in [6, 6.07) is 10.5. The van der Waals surface area contributed by atoms with E-state index in [-0.39, 0.29) is 16.3 Å². The van der Waals surface area contributed by atoms with Gasteiger partial charge in [0.05, 0.1) is 18.1 Å². The number of hydrogen-bond donors (Lipinski definition) is 0. The van der Waals surface area contributed by atoms with E-state index in [9.17, 15) is 14.9 Å². The minimum absolute atomic E-state index is 0.163. The third-order valence-corrected chi connectivity index (χ3v) is 4.70. The number of esters is 1. The molecule has 1 heterocycles. The van der Waals surface area contributed by atoms with Gasteiger partial charge in [0.1, 0.15) is 16.3 Å². The highest BCUT2D eigenvalue weighted by Crippen LogP contribution is 2.25. The van der Waals surface area contributed by atoms with E-state index in [4.69, 9.17) is 33.3 Å². The summed E-state index contributed by atoms with van der Waals surface area (Å²) in [5.41, 5.74) is 0.140. The molecule has 9 heteroatoms. The molecule has 0 spiro atoms. The molecular formula is C18H15ClN2O5S. The number of carbonyl (C=O) groups excluding carboxylic acids is 1. The summed E-state index contributed by atoms with van der Waals surface area (Å²) in [5.74, 6) is -0.592. The minimum atomic E-state index is -0.840. The molecule has 0 aromatic heterocycles. The molecule has 0 atom stereocenters. The molecule has 0 unspecified atom stereocenters. The van der Waals surface area contributed by atoms with Crippen molar-refractivity contribution in [3.63, 3.8) is 0 Å². The predicted octanol–water partition coefficient (Wildman–Crippen LogP) is 3.48. The van der Waals surface area contributed by atoms with Gasteiger partial charge in [-0.1, -0.05) is 36.0 Å². The van der Waals surface area contributed by atoms with Crippen molar-refractivity contribution in [3.8, 4) is 5.75 Å². The van der Waals surface area contributed by atoms with E-state index in [1.54, 1.807) is 18.2 Å². The second kappa shape index (κ2) is 8.43. The number of morpholine rings is 1. The van der Waals surface area contributed by atoms with Gasteiger partial charge in [0.15, 0.2) is 0 Å². The number of hydrogen-bond acceptors (Lipinski definition) is 6. The van der Waals surface area contributed by atoms with Gasteiger partial charge >= 0.3 is 5.97 Å². The van der Waals surface area contributed by atoms with Crippen LogP contribution in [0, 0.1) is 10.1 Å². The highest BCUT2D eigenvalue weighted by Gasteiger charge is 2.23. The Bertz CT molecular complexity index is 899. The van der Waals surface area contributed by atoms with Crippen molar-refractivity contribution in [1.29, 1.82) is 0 Å². The molecule has 7 nitrogen and oxygen atoms in total. The molecule has 1 fully saturated rings. The highest BCUT2D eigenvalue weighted by molar-refractivity contribution is 7.80. The van der Waals surface area contributed by atoms with Crippen LogP contribution < -0.4 is 4.74 Å². The van der Waals surface area contributed by atoms with Crippen LogP contribution in [0.3, 0.4) is 0 Å². The number of thiocarbonyl (C=S) groups is 1. The molecule has 0 radical (unpaired) electrons. The zero-order chi connectivity index (χ0) is 19.4. The Morgan fingerprint density at radius 2 is 1.96 bits per heavy atom. The van der Waals surface area contributed by atoms with E-state index < -0.39 is 16.6 Å². The van der Waals surface area contributed by atoms with Crippen LogP contribution in [0.15, 0.2) is 42.5 Å². The first-order valence-electron chi connectivity index (χ1n) is 8.09. The van der Waals surface area contributed by atoms with Crippen LogP contribution in [-0.2, 0) is 4.74 Å². The number of nitro benzene ring substituents is 1. The Kier molecular flexibility index (Phi) is 6.00. The minimum Gasteiger partial charge on any atom is -0.423 e. The molecular weight excluding hydrogens is 392 g/mol. The van der Waals surface area contributed by atoms with Gasteiger partial charge in [0.2, 0.25) is 0 Å². The van der Waals surface area contributed by atoms with Crippen molar-refractivity contribution < 1.29 is 19.2 Å². The number of nitro groups is 1. The molecule has 140 valence electrons. The summed E-state index contributed by atoms with van der Waals surface area (Å²) in [6.07, 6.45) is 0. The highest BCUT2D eigenvalue weighted by atomic mass is 35.5. The van der Waals surface area contributed by atoms with Crippen LogP contribution in [0.1, 0.15) is 15.9 Å². The Labute approximate surface area is 165 Å². The van der Waals surface area contributed by atoms with Gasteiger partial charge in [-0.25, -0.2) is 4.79 Å². The van der Waals surface area contributed by atoms with Gasteiger partial charge in [-0.3, -0.25) is 10.1 Å². The fraction of sp³-hybridized carbons (Fsp3) is 0.222. The molecule has 0 aliphatic carbocycles. The first-order valence-corrected chi connectivity index (χ1v) is 8.87. The molecule has 3 rings (SSSR count). The lowest BCUT2D eigenvalue weighted by molar-refractivity contribution is -0.385. The molecule has 0 bridgehead atoms. The topological polar surface area (TPSA) is 81.9 Å². The Balaban J connectivity index is 1.79. The van der Waals surface area contributed by atoms with Crippen LogP contribution in [-0.4, -0.2) is 47.1 Å². The van der Waals surface area contributed by atoms with E-state index in [1.165, 1.54) is 12.1 Å². The molecule has 0 N–H and O–H groups in total. The van der Waals surface area contributed by atoms with Crippen LogP contribution in [0.2, 0.25) is 5.02 Å². The number of benzene rings is 2. The van der Waals surface area contributed by atoms with Crippen LogP contribution in [0.5, 0.6) is 5.75 Å². The maximum absolute atomic E-state index is 12.4. The Hall–Kier alpha value is -2.55. The monoisotopic (exact) mass is 406 g/mol. The van der Waals surface area contributed by atoms with Gasteiger partial charge < -0.3 is 14.4 Å². The van der Waals surface area contributed by atoms with E-state index >= 15 is 0 Å². The number of rotatable bonds is 4. The van der Waals surface area contributed by atoms with Crippen molar-refractivity contribution >= 4 is 40.5 Å². The lowest BCUT2D eigenvalue weighted by Crippen LogP contribution is -2.40. The van der Waals surface area contributed by atoms with Crippen LogP contribution in [0.4, 0.5) is 5.69 Å². The van der Waals surface area contributed by atoms with Gasteiger partial charge in [0.25, 0.3) is 5.69 Å². The van der Waals surface area contributed by atoms with Crippen LogP contribution >= 0.6 is 23.8 Å². The molecule has 1 aliphatic rings. The SMILES string of the molecule is O=C(Oc1cccc(C(=S)N2CCOCC2)c1)c1ccc(Cl)cc1[N+](=O)[O-]. The zero-order valence-electron chi connectivity index (χ0n) is 14.1. The summed E-state index contributed by atoms with van der Waals surface area (Å²) in [7, 11) is 0. The second-order valence-corrected chi connectivity index (χ2v) is 6.56. The smallest absolute Gasteiger partial charge is 0.350 e. The lowest BCUT2D eigenvalue weighted by atomic mass is 10.1. The van der Waals surface area contributed by atoms with Crippen LogP contribution in [0.25, 0.3) is 0 Å². The Morgan fingerprint density at radius 3 is 2.67 bits per heavy atom.